The summed E-state index contributed by atoms with van der Waals surface area (Å²) in [7, 11) is 0. The maximum atomic E-state index is 12.6. The third-order valence-corrected chi connectivity index (χ3v) is 4.22. The van der Waals surface area contributed by atoms with Crippen molar-refractivity contribution in [1.29, 1.82) is 0 Å². The molecule has 0 spiro atoms. The molecule has 106 valence electrons. The monoisotopic (exact) mass is 268 g/mol. The maximum absolute atomic E-state index is 12.6. The van der Waals surface area contributed by atoms with E-state index in [1.807, 2.05) is 32.1 Å². The molecule has 0 N–H and O–H groups in total. The Kier molecular flexibility index (Phi) is 3.73. The van der Waals surface area contributed by atoms with Crippen LogP contribution in [-0.4, -0.2) is 5.78 Å². The SMILES string of the molecule is CCC1=CC=CC(C)(c2ccc(C(C)(C)C)cc2)C1=O. The quantitative estimate of drug-likeness (QED) is 0.758. The normalized spacial score (nSPS) is 22.9. The minimum Gasteiger partial charge on any atom is -0.293 e. The van der Waals surface area contributed by atoms with E-state index < -0.39 is 5.41 Å². The molecule has 1 nitrogen and oxygen atoms in total. The van der Waals surface area contributed by atoms with E-state index in [-0.39, 0.29) is 11.2 Å². The smallest absolute Gasteiger partial charge is 0.172 e. The molecule has 0 saturated carbocycles. The highest BCUT2D eigenvalue weighted by Gasteiger charge is 2.35. The topological polar surface area (TPSA) is 17.1 Å². The van der Waals surface area contributed by atoms with E-state index in [1.165, 1.54) is 5.56 Å². The zero-order valence-corrected chi connectivity index (χ0v) is 13.2. The molecule has 1 aliphatic carbocycles. The van der Waals surface area contributed by atoms with E-state index in [0.29, 0.717) is 0 Å². The largest absolute Gasteiger partial charge is 0.293 e. The summed E-state index contributed by atoms with van der Waals surface area (Å²) in [5.41, 5.74) is 2.90. The second-order valence-electron chi connectivity index (χ2n) is 6.76. The fraction of sp³-hybridized carbons (Fsp3) is 0.421. The summed E-state index contributed by atoms with van der Waals surface area (Å²) < 4.78 is 0. The molecule has 0 aliphatic heterocycles. The van der Waals surface area contributed by atoms with Gasteiger partial charge in [-0.15, -0.1) is 0 Å². The first kappa shape index (κ1) is 14.8. The van der Waals surface area contributed by atoms with E-state index in [0.717, 1.165) is 17.6 Å². The van der Waals surface area contributed by atoms with Crippen LogP contribution in [0.2, 0.25) is 0 Å². The summed E-state index contributed by atoms with van der Waals surface area (Å²) >= 11 is 0. The first-order chi connectivity index (χ1) is 9.29. The van der Waals surface area contributed by atoms with Crippen LogP contribution in [0.3, 0.4) is 0 Å². The number of benzene rings is 1. The van der Waals surface area contributed by atoms with Crippen molar-refractivity contribution in [3.8, 4) is 0 Å². The number of Topliss-reactive ketones (excluding diaryl/α,β-unsaturated/α-hetero) is 1. The van der Waals surface area contributed by atoms with E-state index >= 15 is 0 Å². The third-order valence-electron chi connectivity index (χ3n) is 4.22. The molecule has 0 heterocycles. The van der Waals surface area contributed by atoms with Crippen LogP contribution >= 0.6 is 0 Å². The Labute approximate surface area is 122 Å². The average Bonchev–Trinajstić information content (AvgIpc) is 2.41. The van der Waals surface area contributed by atoms with Crippen LogP contribution in [0.15, 0.2) is 48.1 Å². The molecule has 1 heteroatoms. The number of hydrogen-bond acceptors (Lipinski definition) is 1. The van der Waals surface area contributed by atoms with Crippen LogP contribution in [0.5, 0.6) is 0 Å². The first-order valence-electron chi connectivity index (χ1n) is 7.33. The van der Waals surface area contributed by atoms with Gasteiger partial charge in [0.25, 0.3) is 0 Å². The molecule has 1 unspecified atom stereocenters. The number of hydrogen-bond donors (Lipinski definition) is 0. The number of ketones is 1. The predicted molar refractivity (Wildman–Crippen MR) is 85.0 cm³/mol. The molecule has 1 aromatic carbocycles. The van der Waals surface area contributed by atoms with Gasteiger partial charge >= 0.3 is 0 Å². The molecule has 2 rings (SSSR count). The number of carbonyl (C=O) groups is 1. The second kappa shape index (κ2) is 5.05. The number of carbonyl (C=O) groups excluding carboxylic acids is 1. The van der Waals surface area contributed by atoms with E-state index in [2.05, 4.69) is 45.0 Å². The van der Waals surface area contributed by atoms with Crippen LogP contribution in [0, 0.1) is 0 Å². The Balaban J connectivity index is 2.39. The predicted octanol–water partition coefficient (Wildman–Crippen LogP) is 4.72. The Bertz CT molecular complexity index is 567. The minimum atomic E-state index is -0.517. The summed E-state index contributed by atoms with van der Waals surface area (Å²) in [6.07, 6.45) is 6.75. The van der Waals surface area contributed by atoms with Gasteiger partial charge in [-0.3, -0.25) is 4.79 Å². The van der Waals surface area contributed by atoms with Crippen LogP contribution in [0.25, 0.3) is 0 Å². The highest BCUT2D eigenvalue weighted by Crippen LogP contribution is 2.34. The van der Waals surface area contributed by atoms with E-state index in [4.69, 9.17) is 0 Å². The lowest BCUT2D eigenvalue weighted by atomic mass is 9.72. The standard InChI is InChI=1S/C19H24O/c1-6-14-8-7-13-19(5,17(14)20)16-11-9-15(10-12-16)18(2,3)4/h7-13H,6H2,1-5H3. The lowest BCUT2D eigenvalue weighted by molar-refractivity contribution is -0.119. The molecule has 0 bridgehead atoms. The summed E-state index contributed by atoms with van der Waals surface area (Å²) in [5.74, 6) is 0.228. The van der Waals surface area contributed by atoms with Gasteiger partial charge in [0, 0.05) is 0 Å². The Morgan fingerprint density at radius 2 is 1.70 bits per heavy atom. The van der Waals surface area contributed by atoms with Crippen LogP contribution in [0.1, 0.15) is 52.2 Å². The zero-order valence-electron chi connectivity index (χ0n) is 13.2. The van der Waals surface area contributed by atoms with E-state index in [9.17, 15) is 4.79 Å². The van der Waals surface area contributed by atoms with E-state index in [1.54, 1.807) is 0 Å². The molecule has 0 radical (unpaired) electrons. The van der Waals surface area contributed by atoms with Gasteiger partial charge in [0.1, 0.15) is 0 Å². The molecular weight excluding hydrogens is 244 g/mol. The van der Waals surface area contributed by atoms with Gasteiger partial charge in [-0.2, -0.15) is 0 Å². The molecule has 1 atom stereocenters. The van der Waals surface area contributed by atoms with Crippen molar-refractivity contribution in [2.75, 3.05) is 0 Å². The molecule has 0 fully saturated rings. The molecule has 0 aromatic heterocycles. The van der Waals surface area contributed by atoms with Gasteiger partial charge in [0.05, 0.1) is 5.41 Å². The summed E-state index contributed by atoms with van der Waals surface area (Å²) in [6, 6.07) is 8.49. The molecular formula is C19H24O. The minimum absolute atomic E-state index is 0.139. The number of rotatable bonds is 2. The molecule has 1 aliphatic rings. The molecule has 20 heavy (non-hydrogen) atoms. The Morgan fingerprint density at radius 3 is 2.20 bits per heavy atom. The third kappa shape index (κ3) is 2.49. The van der Waals surface area contributed by atoms with Gasteiger partial charge < -0.3 is 0 Å². The lowest BCUT2D eigenvalue weighted by Gasteiger charge is -2.29. The van der Waals surface area contributed by atoms with Crippen LogP contribution in [0.4, 0.5) is 0 Å². The van der Waals surface area contributed by atoms with Crippen molar-refractivity contribution in [2.24, 2.45) is 0 Å². The summed E-state index contributed by atoms with van der Waals surface area (Å²) in [4.78, 5) is 12.6. The first-order valence-corrected chi connectivity index (χ1v) is 7.33. The molecule has 1 aromatic rings. The number of allylic oxidation sites excluding steroid dienone is 4. The van der Waals surface area contributed by atoms with Crippen molar-refractivity contribution in [2.45, 2.75) is 51.9 Å². The zero-order chi connectivity index (χ0) is 15.0. The van der Waals surface area contributed by atoms with Gasteiger partial charge in [0.15, 0.2) is 5.78 Å². The fourth-order valence-corrected chi connectivity index (χ4v) is 2.66. The molecule has 0 amide bonds. The Hall–Kier alpha value is -1.63. The second-order valence-corrected chi connectivity index (χ2v) is 6.76. The van der Waals surface area contributed by atoms with Crippen LogP contribution < -0.4 is 0 Å². The van der Waals surface area contributed by atoms with Gasteiger partial charge in [0.2, 0.25) is 0 Å². The molecule has 0 saturated heterocycles. The maximum Gasteiger partial charge on any atom is 0.172 e. The van der Waals surface area contributed by atoms with Crippen molar-refractivity contribution in [3.63, 3.8) is 0 Å². The highest BCUT2D eigenvalue weighted by atomic mass is 16.1. The fourth-order valence-electron chi connectivity index (χ4n) is 2.66. The van der Waals surface area contributed by atoms with Crippen LogP contribution in [-0.2, 0) is 15.6 Å². The van der Waals surface area contributed by atoms with Crippen molar-refractivity contribution >= 4 is 5.78 Å². The highest BCUT2D eigenvalue weighted by molar-refractivity contribution is 6.06. The summed E-state index contributed by atoms with van der Waals surface area (Å²) in [6.45, 7) is 10.7. The Morgan fingerprint density at radius 1 is 1.10 bits per heavy atom. The van der Waals surface area contributed by atoms with Crippen molar-refractivity contribution < 1.29 is 4.79 Å². The summed E-state index contributed by atoms with van der Waals surface area (Å²) in [5, 5.41) is 0. The van der Waals surface area contributed by atoms with Gasteiger partial charge in [-0.1, -0.05) is 70.2 Å². The van der Waals surface area contributed by atoms with Gasteiger partial charge in [-0.05, 0) is 35.5 Å². The van der Waals surface area contributed by atoms with Crippen molar-refractivity contribution in [3.05, 3.63) is 59.2 Å². The average molecular weight is 268 g/mol. The lowest BCUT2D eigenvalue weighted by Crippen LogP contribution is -2.33. The van der Waals surface area contributed by atoms with Gasteiger partial charge in [-0.25, -0.2) is 0 Å². The van der Waals surface area contributed by atoms with Crippen molar-refractivity contribution in [1.82, 2.24) is 0 Å².